The van der Waals surface area contributed by atoms with Gasteiger partial charge in [0, 0.05) is 13.0 Å². The number of hydrogen-bond acceptors (Lipinski definition) is 2. The molecule has 0 saturated heterocycles. The quantitative estimate of drug-likeness (QED) is 0.828. The maximum absolute atomic E-state index is 11.5. The molecule has 0 radical (unpaired) electrons. The van der Waals surface area contributed by atoms with Gasteiger partial charge in [0.25, 0.3) is 0 Å². The number of carboxylic acids is 1. The van der Waals surface area contributed by atoms with E-state index >= 15 is 0 Å². The number of benzene rings is 1. The lowest BCUT2D eigenvalue weighted by atomic mass is 9.93. The van der Waals surface area contributed by atoms with Crippen LogP contribution < -0.4 is 5.32 Å². The molecular weight excluding hydrogens is 242 g/mol. The van der Waals surface area contributed by atoms with Crippen molar-refractivity contribution in [3.05, 3.63) is 35.4 Å². The summed E-state index contributed by atoms with van der Waals surface area (Å²) in [5.41, 5.74) is 1.83. The third kappa shape index (κ3) is 4.39. The number of rotatable bonds is 6. The predicted octanol–water partition coefficient (Wildman–Crippen LogP) is 2.50. The van der Waals surface area contributed by atoms with E-state index in [9.17, 15) is 14.7 Å². The van der Waals surface area contributed by atoms with Crippen molar-refractivity contribution in [1.82, 2.24) is 5.32 Å². The molecule has 0 aliphatic carbocycles. The highest BCUT2D eigenvalue weighted by molar-refractivity contribution is 5.85. The molecule has 4 heteroatoms. The minimum absolute atomic E-state index is 0.0236. The van der Waals surface area contributed by atoms with Crippen LogP contribution in [0.4, 0.5) is 0 Å². The van der Waals surface area contributed by atoms with Crippen LogP contribution >= 0.6 is 0 Å². The molecule has 0 saturated carbocycles. The molecule has 0 bridgehead atoms. The fraction of sp³-hybridized carbons (Fsp3) is 0.467. The highest BCUT2D eigenvalue weighted by Gasteiger charge is 2.23. The lowest BCUT2D eigenvalue weighted by molar-refractivity contribution is -0.140. The van der Waals surface area contributed by atoms with E-state index in [-0.39, 0.29) is 12.3 Å². The van der Waals surface area contributed by atoms with Gasteiger partial charge in [0.2, 0.25) is 5.91 Å². The molecule has 0 spiro atoms. The van der Waals surface area contributed by atoms with Crippen LogP contribution in [0.1, 0.15) is 50.2 Å². The molecule has 0 aliphatic rings. The fourth-order valence-electron chi connectivity index (χ4n) is 1.92. The third-order valence-electron chi connectivity index (χ3n) is 3.07. The Labute approximate surface area is 113 Å². The van der Waals surface area contributed by atoms with Crippen molar-refractivity contribution in [3.8, 4) is 0 Å². The average molecular weight is 263 g/mol. The smallest absolute Gasteiger partial charge is 0.311 e. The van der Waals surface area contributed by atoms with Gasteiger partial charge in [-0.15, -0.1) is 0 Å². The topological polar surface area (TPSA) is 66.4 Å². The molecule has 19 heavy (non-hydrogen) atoms. The normalized spacial score (nSPS) is 12.2. The van der Waals surface area contributed by atoms with Gasteiger partial charge < -0.3 is 10.4 Å². The van der Waals surface area contributed by atoms with Gasteiger partial charge >= 0.3 is 5.97 Å². The molecule has 2 N–H and O–H groups in total. The minimum atomic E-state index is -0.969. The minimum Gasteiger partial charge on any atom is -0.481 e. The van der Waals surface area contributed by atoms with Crippen molar-refractivity contribution in [2.45, 2.75) is 39.0 Å². The molecule has 104 valence electrons. The molecule has 1 atom stereocenters. The Bertz CT molecular complexity index is 437. The first-order chi connectivity index (χ1) is 8.95. The van der Waals surface area contributed by atoms with Crippen molar-refractivity contribution in [2.24, 2.45) is 0 Å². The zero-order valence-electron chi connectivity index (χ0n) is 11.6. The SMILES string of the molecule is CCNC(=O)CC(C(=O)O)c1ccc(C(C)C)cc1. The summed E-state index contributed by atoms with van der Waals surface area (Å²) in [5.74, 6) is -1.58. The number of carboxylic acid groups (broad SMARTS) is 1. The van der Waals surface area contributed by atoms with E-state index in [0.29, 0.717) is 18.0 Å². The molecule has 0 aliphatic heterocycles. The van der Waals surface area contributed by atoms with Gasteiger partial charge in [-0.3, -0.25) is 9.59 Å². The zero-order valence-corrected chi connectivity index (χ0v) is 11.6. The summed E-state index contributed by atoms with van der Waals surface area (Å²) in [6.07, 6.45) is -0.0236. The predicted molar refractivity (Wildman–Crippen MR) is 74.2 cm³/mol. The van der Waals surface area contributed by atoms with E-state index in [4.69, 9.17) is 0 Å². The number of amides is 1. The van der Waals surface area contributed by atoms with E-state index in [1.54, 1.807) is 12.1 Å². The summed E-state index contributed by atoms with van der Waals surface area (Å²) in [5, 5.41) is 11.9. The number of hydrogen-bond donors (Lipinski definition) is 2. The maximum atomic E-state index is 11.5. The monoisotopic (exact) mass is 263 g/mol. The van der Waals surface area contributed by atoms with E-state index in [1.165, 1.54) is 0 Å². The Balaban J connectivity index is 2.87. The maximum Gasteiger partial charge on any atom is 0.311 e. The van der Waals surface area contributed by atoms with Crippen LogP contribution in [-0.4, -0.2) is 23.5 Å². The number of carbonyl (C=O) groups excluding carboxylic acids is 1. The first-order valence-corrected chi connectivity index (χ1v) is 6.55. The van der Waals surface area contributed by atoms with Crippen molar-refractivity contribution < 1.29 is 14.7 Å². The molecule has 0 aromatic heterocycles. The summed E-state index contributed by atoms with van der Waals surface area (Å²) < 4.78 is 0. The zero-order chi connectivity index (χ0) is 14.4. The number of carbonyl (C=O) groups is 2. The van der Waals surface area contributed by atoms with Crippen molar-refractivity contribution in [1.29, 1.82) is 0 Å². The lowest BCUT2D eigenvalue weighted by Gasteiger charge is -2.14. The summed E-state index contributed by atoms with van der Waals surface area (Å²) in [4.78, 5) is 22.8. The van der Waals surface area contributed by atoms with Gasteiger partial charge in [-0.25, -0.2) is 0 Å². The lowest BCUT2D eigenvalue weighted by Crippen LogP contribution is -2.27. The van der Waals surface area contributed by atoms with Gasteiger partial charge in [0.1, 0.15) is 0 Å². The van der Waals surface area contributed by atoms with Gasteiger partial charge in [-0.05, 0) is 24.0 Å². The number of nitrogens with one attached hydrogen (secondary N) is 1. The van der Waals surface area contributed by atoms with Gasteiger partial charge in [0.05, 0.1) is 5.92 Å². The second-order valence-corrected chi connectivity index (χ2v) is 4.87. The van der Waals surface area contributed by atoms with E-state index in [1.807, 2.05) is 19.1 Å². The van der Waals surface area contributed by atoms with Gasteiger partial charge in [-0.1, -0.05) is 38.1 Å². The Hall–Kier alpha value is -1.84. The van der Waals surface area contributed by atoms with Crippen LogP contribution in [-0.2, 0) is 9.59 Å². The first-order valence-electron chi connectivity index (χ1n) is 6.55. The molecule has 1 amide bonds. The second kappa shape index (κ2) is 6.92. The Kier molecular flexibility index (Phi) is 5.55. The van der Waals surface area contributed by atoms with Crippen LogP contribution in [0.15, 0.2) is 24.3 Å². The summed E-state index contributed by atoms with van der Waals surface area (Å²) in [6.45, 7) is 6.49. The summed E-state index contributed by atoms with van der Waals surface area (Å²) in [6, 6.07) is 7.45. The van der Waals surface area contributed by atoms with Gasteiger partial charge in [-0.2, -0.15) is 0 Å². The molecule has 1 aromatic carbocycles. The number of aliphatic carboxylic acids is 1. The molecular formula is C15H21NO3. The largest absolute Gasteiger partial charge is 0.481 e. The molecule has 4 nitrogen and oxygen atoms in total. The standard InChI is InChI=1S/C15H21NO3/c1-4-16-14(17)9-13(15(18)19)12-7-5-11(6-8-12)10(2)3/h5-8,10,13H,4,9H2,1-3H3,(H,16,17)(H,18,19). The highest BCUT2D eigenvalue weighted by Crippen LogP contribution is 2.23. The molecule has 0 fully saturated rings. The highest BCUT2D eigenvalue weighted by atomic mass is 16.4. The van der Waals surface area contributed by atoms with E-state index in [0.717, 1.165) is 5.56 Å². The fourth-order valence-corrected chi connectivity index (χ4v) is 1.92. The first kappa shape index (κ1) is 15.2. The van der Waals surface area contributed by atoms with E-state index < -0.39 is 11.9 Å². The van der Waals surface area contributed by atoms with Crippen molar-refractivity contribution >= 4 is 11.9 Å². The van der Waals surface area contributed by atoms with Gasteiger partial charge in [0.15, 0.2) is 0 Å². The summed E-state index contributed by atoms with van der Waals surface area (Å²) >= 11 is 0. The average Bonchev–Trinajstić information content (AvgIpc) is 2.36. The summed E-state index contributed by atoms with van der Waals surface area (Å²) in [7, 11) is 0. The van der Waals surface area contributed by atoms with Crippen LogP contribution in [0, 0.1) is 0 Å². The van der Waals surface area contributed by atoms with Crippen LogP contribution in [0.3, 0.4) is 0 Å². The Morgan fingerprint density at radius 3 is 2.11 bits per heavy atom. The molecule has 0 heterocycles. The van der Waals surface area contributed by atoms with Crippen LogP contribution in [0.25, 0.3) is 0 Å². The van der Waals surface area contributed by atoms with E-state index in [2.05, 4.69) is 19.2 Å². The molecule has 1 aromatic rings. The van der Waals surface area contributed by atoms with Crippen LogP contribution in [0.2, 0.25) is 0 Å². The van der Waals surface area contributed by atoms with Crippen molar-refractivity contribution in [3.63, 3.8) is 0 Å². The molecule has 1 rings (SSSR count). The Morgan fingerprint density at radius 2 is 1.68 bits per heavy atom. The molecule has 1 unspecified atom stereocenters. The third-order valence-corrected chi connectivity index (χ3v) is 3.07. The Morgan fingerprint density at radius 1 is 1.16 bits per heavy atom. The second-order valence-electron chi connectivity index (χ2n) is 4.87. The van der Waals surface area contributed by atoms with Crippen molar-refractivity contribution in [2.75, 3.05) is 6.54 Å². The van der Waals surface area contributed by atoms with Crippen LogP contribution in [0.5, 0.6) is 0 Å².